The molecule has 0 saturated carbocycles. The molecule has 0 fully saturated rings. The van der Waals surface area contributed by atoms with Crippen molar-refractivity contribution in [3.63, 3.8) is 0 Å². The Kier molecular flexibility index (Phi) is 3.49. The van der Waals surface area contributed by atoms with Crippen LogP contribution >= 0.6 is 0 Å². The van der Waals surface area contributed by atoms with Crippen LogP contribution in [0.25, 0.3) is 0 Å². The average Bonchev–Trinajstić information content (AvgIpc) is 2.71. The average molecular weight is 237 g/mol. The van der Waals surface area contributed by atoms with Crippen molar-refractivity contribution in [3.8, 4) is 0 Å². The highest BCUT2D eigenvalue weighted by molar-refractivity contribution is 5.19. The summed E-state index contributed by atoms with van der Waals surface area (Å²) in [5.74, 6) is -1.10. The number of halogens is 2. The zero-order chi connectivity index (χ0) is 12.3. The molecule has 0 bridgehead atoms. The smallest absolute Gasteiger partial charge is 0.131 e. The van der Waals surface area contributed by atoms with Gasteiger partial charge in [0.2, 0.25) is 0 Å². The maximum atomic E-state index is 13.5. The molecule has 17 heavy (non-hydrogen) atoms. The third kappa shape index (κ3) is 2.68. The second-order valence-electron chi connectivity index (χ2n) is 3.78. The molecule has 3 nitrogen and oxygen atoms in total. The number of hydrogen-bond donors (Lipinski definition) is 1. The molecule has 0 unspecified atom stereocenters. The number of hydrogen-bond acceptors (Lipinski definition) is 2. The summed E-state index contributed by atoms with van der Waals surface area (Å²) in [6, 6.07) is 3.60. The van der Waals surface area contributed by atoms with E-state index in [1.807, 2.05) is 11.6 Å². The van der Waals surface area contributed by atoms with Gasteiger partial charge in [0, 0.05) is 24.4 Å². The predicted octanol–water partition coefficient (Wildman–Crippen LogP) is 1.93. The lowest BCUT2D eigenvalue weighted by molar-refractivity contribution is 0.563. The molecule has 1 aromatic heterocycles. The van der Waals surface area contributed by atoms with Crippen LogP contribution in [0.5, 0.6) is 0 Å². The molecule has 0 aliphatic heterocycles. The quantitative estimate of drug-likeness (QED) is 0.880. The van der Waals surface area contributed by atoms with Crippen molar-refractivity contribution in [1.29, 1.82) is 0 Å². The summed E-state index contributed by atoms with van der Waals surface area (Å²) < 4.78 is 28.1. The summed E-state index contributed by atoms with van der Waals surface area (Å²) >= 11 is 0. The minimum Gasteiger partial charge on any atom is -0.329 e. The fraction of sp³-hybridized carbons (Fsp3) is 0.250. The fourth-order valence-corrected chi connectivity index (χ4v) is 1.65. The third-order valence-corrected chi connectivity index (χ3v) is 2.51. The van der Waals surface area contributed by atoms with Gasteiger partial charge in [-0.2, -0.15) is 0 Å². The summed E-state index contributed by atoms with van der Waals surface area (Å²) in [4.78, 5) is 4.01. The van der Waals surface area contributed by atoms with Gasteiger partial charge in [0.15, 0.2) is 0 Å². The van der Waals surface area contributed by atoms with Crippen molar-refractivity contribution in [2.75, 3.05) is 7.05 Å². The molecule has 90 valence electrons. The molecule has 1 heterocycles. The minimum atomic E-state index is -0.563. The first-order valence-corrected chi connectivity index (χ1v) is 5.28. The Morgan fingerprint density at radius 3 is 2.88 bits per heavy atom. The van der Waals surface area contributed by atoms with E-state index in [0.717, 1.165) is 11.8 Å². The highest BCUT2D eigenvalue weighted by Gasteiger charge is 2.07. The van der Waals surface area contributed by atoms with E-state index in [4.69, 9.17) is 0 Å². The molecular formula is C12H13F2N3. The minimum absolute atomic E-state index is 0.350. The predicted molar refractivity (Wildman–Crippen MR) is 60.5 cm³/mol. The number of rotatable bonds is 4. The maximum absolute atomic E-state index is 13.5. The van der Waals surface area contributed by atoms with Crippen LogP contribution < -0.4 is 5.32 Å². The first-order chi connectivity index (χ1) is 8.20. The summed E-state index contributed by atoms with van der Waals surface area (Å²) in [5.41, 5.74) is 1.40. The van der Waals surface area contributed by atoms with Crippen molar-refractivity contribution in [1.82, 2.24) is 14.9 Å². The summed E-state index contributed by atoms with van der Waals surface area (Å²) in [7, 11) is 1.83. The van der Waals surface area contributed by atoms with Gasteiger partial charge in [-0.15, -0.1) is 0 Å². The van der Waals surface area contributed by atoms with Crippen molar-refractivity contribution in [2.45, 2.75) is 13.1 Å². The van der Waals surface area contributed by atoms with Gasteiger partial charge in [0.25, 0.3) is 0 Å². The van der Waals surface area contributed by atoms with Gasteiger partial charge in [0.1, 0.15) is 11.6 Å². The zero-order valence-corrected chi connectivity index (χ0v) is 9.45. The Labute approximate surface area is 98.1 Å². The first kappa shape index (κ1) is 11.7. The lowest BCUT2D eigenvalue weighted by Gasteiger charge is -2.08. The van der Waals surface area contributed by atoms with E-state index in [0.29, 0.717) is 18.7 Å². The van der Waals surface area contributed by atoms with Crippen molar-refractivity contribution < 1.29 is 8.78 Å². The number of nitrogens with zero attached hydrogens (tertiary/aromatic N) is 2. The molecule has 0 spiro atoms. The number of benzene rings is 1. The Balaban J connectivity index is 2.22. The zero-order valence-electron chi connectivity index (χ0n) is 9.45. The van der Waals surface area contributed by atoms with Crippen molar-refractivity contribution in [2.24, 2.45) is 0 Å². The summed E-state index contributed by atoms with van der Waals surface area (Å²) in [6.07, 6.45) is 3.35. The molecule has 2 aromatic rings. The van der Waals surface area contributed by atoms with Gasteiger partial charge in [-0.05, 0) is 13.1 Å². The van der Waals surface area contributed by atoms with Crippen LogP contribution in [-0.4, -0.2) is 16.6 Å². The Morgan fingerprint density at radius 1 is 1.35 bits per heavy atom. The van der Waals surface area contributed by atoms with Crippen molar-refractivity contribution >= 4 is 0 Å². The molecule has 0 radical (unpaired) electrons. The van der Waals surface area contributed by atoms with Gasteiger partial charge >= 0.3 is 0 Å². The van der Waals surface area contributed by atoms with Gasteiger partial charge in [0.05, 0.1) is 18.6 Å². The summed E-state index contributed by atoms with van der Waals surface area (Å²) in [5, 5.41) is 3.01. The monoisotopic (exact) mass is 237 g/mol. The molecule has 2 rings (SSSR count). The van der Waals surface area contributed by atoms with Crippen LogP contribution in [0, 0.1) is 11.6 Å². The Morgan fingerprint density at radius 2 is 2.18 bits per heavy atom. The van der Waals surface area contributed by atoms with Gasteiger partial charge in [-0.25, -0.2) is 13.8 Å². The highest BCUT2D eigenvalue weighted by atomic mass is 19.1. The van der Waals surface area contributed by atoms with Crippen LogP contribution in [0.15, 0.2) is 30.7 Å². The number of nitrogens with one attached hydrogen (secondary N) is 1. The van der Waals surface area contributed by atoms with Gasteiger partial charge < -0.3 is 9.88 Å². The molecule has 0 aliphatic carbocycles. The van der Waals surface area contributed by atoms with Crippen LogP contribution in [-0.2, 0) is 13.1 Å². The van der Waals surface area contributed by atoms with Crippen LogP contribution in [0.4, 0.5) is 8.78 Å². The second kappa shape index (κ2) is 5.05. The molecular weight excluding hydrogens is 224 g/mol. The molecule has 0 atom stereocenters. The number of aromatic nitrogens is 2. The largest absolute Gasteiger partial charge is 0.329 e. The number of imidazole rings is 1. The fourth-order valence-electron chi connectivity index (χ4n) is 1.65. The molecule has 5 heteroatoms. The summed E-state index contributed by atoms with van der Waals surface area (Å²) in [6.45, 7) is 1.01. The normalized spacial score (nSPS) is 10.8. The molecule has 0 saturated heterocycles. The lowest BCUT2D eigenvalue weighted by Crippen LogP contribution is -2.12. The van der Waals surface area contributed by atoms with E-state index in [1.165, 1.54) is 12.1 Å². The first-order valence-electron chi connectivity index (χ1n) is 5.28. The molecule has 1 aromatic carbocycles. The van der Waals surface area contributed by atoms with E-state index in [2.05, 4.69) is 10.3 Å². The van der Waals surface area contributed by atoms with Crippen LogP contribution in [0.1, 0.15) is 11.3 Å². The van der Waals surface area contributed by atoms with Crippen LogP contribution in [0.2, 0.25) is 0 Å². The van der Waals surface area contributed by atoms with E-state index in [1.54, 1.807) is 12.5 Å². The molecule has 0 amide bonds. The van der Waals surface area contributed by atoms with Gasteiger partial charge in [-0.1, -0.05) is 6.07 Å². The SMILES string of the molecule is CNCc1cncn1Cc1ccc(F)cc1F. The Bertz CT molecular complexity index is 508. The topological polar surface area (TPSA) is 29.9 Å². The highest BCUT2D eigenvalue weighted by Crippen LogP contribution is 2.12. The third-order valence-electron chi connectivity index (χ3n) is 2.51. The molecule has 0 aliphatic rings. The van der Waals surface area contributed by atoms with Crippen LogP contribution in [0.3, 0.4) is 0 Å². The van der Waals surface area contributed by atoms with Crippen molar-refractivity contribution in [3.05, 3.63) is 53.6 Å². The van der Waals surface area contributed by atoms with E-state index >= 15 is 0 Å². The van der Waals surface area contributed by atoms with E-state index < -0.39 is 11.6 Å². The maximum Gasteiger partial charge on any atom is 0.131 e. The molecule has 1 N–H and O–H groups in total. The van der Waals surface area contributed by atoms with Gasteiger partial charge in [-0.3, -0.25) is 0 Å². The second-order valence-corrected chi connectivity index (χ2v) is 3.78. The Hall–Kier alpha value is -1.75. The lowest BCUT2D eigenvalue weighted by atomic mass is 10.2. The standard InChI is InChI=1S/C12H13F2N3/c1-15-5-11-6-16-8-17(11)7-9-2-3-10(13)4-12(9)14/h2-4,6,8,15H,5,7H2,1H3. The van der Waals surface area contributed by atoms with E-state index in [-0.39, 0.29) is 0 Å². The van der Waals surface area contributed by atoms with E-state index in [9.17, 15) is 8.78 Å².